The first-order chi connectivity index (χ1) is 12.7. The monoisotopic (exact) mass is 353 g/mol. The number of aryl methyl sites for hydroxylation is 1. The summed E-state index contributed by atoms with van der Waals surface area (Å²) in [6.45, 7) is 4.07. The highest BCUT2D eigenvalue weighted by atomic mass is 16.5. The predicted octanol–water partition coefficient (Wildman–Crippen LogP) is 2.35. The Labute approximate surface area is 152 Å². The predicted molar refractivity (Wildman–Crippen MR) is 101 cm³/mol. The third-order valence-corrected chi connectivity index (χ3v) is 4.03. The van der Waals surface area contributed by atoms with Crippen molar-refractivity contribution in [3.05, 3.63) is 48.2 Å². The van der Waals surface area contributed by atoms with Gasteiger partial charge in [-0.25, -0.2) is 14.8 Å². The van der Waals surface area contributed by atoms with Crippen molar-refractivity contribution in [1.29, 1.82) is 0 Å². The van der Waals surface area contributed by atoms with Crippen LogP contribution in [0.2, 0.25) is 0 Å². The van der Waals surface area contributed by atoms with E-state index in [1.54, 1.807) is 13.3 Å². The van der Waals surface area contributed by atoms with Crippen molar-refractivity contribution < 1.29 is 9.53 Å². The van der Waals surface area contributed by atoms with E-state index in [1.165, 1.54) is 5.56 Å². The van der Waals surface area contributed by atoms with Gasteiger partial charge in [0, 0.05) is 38.5 Å². The molecule has 1 aromatic carbocycles. The molecule has 0 bridgehead atoms. The van der Waals surface area contributed by atoms with E-state index < -0.39 is 0 Å². The second-order valence-electron chi connectivity index (χ2n) is 5.97. The van der Waals surface area contributed by atoms with Crippen LogP contribution in [0.4, 0.5) is 4.79 Å². The fourth-order valence-corrected chi connectivity index (χ4v) is 2.70. The highest BCUT2D eigenvalue weighted by Crippen LogP contribution is 2.23. The lowest BCUT2D eigenvalue weighted by molar-refractivity contribution is 0.196. The molecule has 7 nitrogen and oxygen atoms in total. The molecule has 26 heavy (non-hydrogen) atoms. The first-order valence-corrected chi connectivity index (χ1v) is 8.58. The van der Waals surface area contributed by atoms with E-state index in [2.05, 4.69) is 46.8 Å². The molecule has 0 spiro atoms. The molecule has 2 amide bonds. The molecule has 0 saturated carbocycles. The second-order valence-corrected chi connectivity index (χ2v) is 5.97. The fourth-order valence-electron chi connectivity index (χ4n) is 2.70. The highest BCUT2D eigenvalue weighted by Gasteiger charge is 2.13. The summed E-state index contributed by atoms with van der Waals surface area (Å²) in [5.41, 5.74) is 3.87. The summed E-state index contributed by atoms with van der Waals surface area (Å²) in [5, 5.41) is 5.59. The molecule has 2 heterocycles. The van der Waals surface area contributed by atoms with Crippen molar-refractivity contribution in [3.8, 4) is 11.4 Å². The van der Waals surface area contributed by atoms with Crippen molar-refractivity contribution in [2.24, 2.45) is 0 Å². The number of amides is 2. The quantitative estimate of drug-likeness (QED) is 0.639. The van der Waals surface area contributed by atoms with Gasteiger partial charge in [-0.2, -0.15) is 0 Å². The number of benzene rings is 1. The van der Waals surface area contributed by atoms with Crippen molar-refractivity contribution in [2.75, 3.05) is 26.8 Å². The molecule has 0 unspecified atom stereocenters. The van der Waals surface area contributed by atoms with Crippen LogP contribution in [-0.2, 0) is 11.3 Å². The molecule has 2 N–H and O–H groups in total. The van der Waals surface area contributed by atoms with E-state index in [0.717, 1.165) is 22.6 Å². The Balaban J connectivity index is 1.77. The summed E-state index contributed by atoms with van der Waals surface area (Å²) in [6.07, 6.45) is 1.75. The number of ether oxygens (including phenoxy) is 1. The average molecular weight is 353 g/mol. The van der Waals surface area contributed by atoms with Crippen LogP contribution < -0.4 is 10.6 Å². The van der Waals surface area contributed by atoms with Gasteiger partial charge in [0.25, 0.3) is 0 Å². The van der Waals surface area contributed by atoms with Crippen LogP contribution in [0.3, 0.4) is 0 Å². The van der Waals surface area contributed by atoms with E-state index in [4.69, 9.17) is 9.72 Å². The van der Waals surface area contributed by atoms with Gasteiger partial charge in [0.2, 0.25) is 0 Å². The van der Waals surface area contributed by atoms with E-state index in [-0.39, 0.29) is 6.03 Å². The van der Waals surface area contributed by atoms with Crippen LogP contribution in [-0.4, -0.2) is 47.4 Å². The number of carbonyl (C=O) groups is 1. The molecule has 136 valence electrons. The number of imidazole rings is 1. The maximum Gasteiger partial charge on any atom is 0.314 e. The smallest absolute Gasteiger partial charge is 0.314 e. The van der Waals surface area contributed by atoms with Gasteiger partial charge in [0.1, 0.15) is 11.3 Å². The summed E-state index contributed by atoms with van der Waals surface area (Å²) in [4.78, 5) is 21.0. The maximum absolute atomic E-state index is 11.8. The van der Waals surface area contributed by atoms with E-state index >= 15 is 0 Å². The topological polar surface area (TPSA) is 81.1 Å². The summed E-state index contributed by atoms with van der Waals surface area (Å²) < 4.78 is 6.95. The van der Waals surface area contributed by atoms with Gasteiger partial charge in [-0.3, -0.25) is 0 Å². The Hall–Kier alpha value is -2.93. The number of hydrogen-bond acceptors (Lipinski definition) is 4. The third-order valence-electron chi connectivity index (χ3n) is 4.03. The molecule has 0 saturated heterocycles. The fraction of sp³-hybridized carbons (Fsp3) is 0.316. The molecule has 7 heteroatoms. The standard InChI is InChI=1S/C19H23N5O2/c1-14-5-7-15(8-6-14)17-23-16-4-3-9-20-18(16)24(17)12-10-21-19(25)22-11-13-26-2/h3-9H,10-13H2,1-2H3,(H2,21,22,25). The summed E-state index contributed by atoms with van der Waals surface area (Å²) >= 11 is 0. The minimum atomic E-state index is -0.212. The van der Waals surface area contributed by atoms with Crippen molar-refractivity contribution in [2.45, 2.75) is 13.5 Å². The Bertz CT molecular complexity index is 873. The van der Waals surface area contributed by atoms with Crippen LogP contribution in [0.15, 0.2) is 42.6 Å². The Morgan fingerprint density at radius 1 is 1.15 bits per heavy atom. The van der Waals surface area contributed by atoms with Crippen molar-refractivity contribution in [3.63, 3.8) is 0 Å². The minimum absolute atomic E-state index is 0.212. The van der Waals surface area contributed by atoms with Crippen molar-refractivity contribution >= 4 is 17.2 Å². The summed E-state index contributed by atoms with van der Waals surface area (Å²) in [7, 11) is 1.60. The zero-order valence-electron chi connectivity index (χ0n) is 15.0. The van der Waals surface area contributed by atoms with Gasteiger partial charge in [-0.05, 0) is 19.1 Å². The molecule has 0 fully saturated rings. The largest absolute Gasteiger partial charge is 0.383 e. The lowest BCUT2D eigenvalue weighted by atomic mass is 10.1. The molecule has 0 aliphatic heterocycles. The van der Waals surface area contributed by atoms with Crippen LogP contribution in [0, 0.1) is 6.92 Å². The van der Waals surface area contributed by atoms with E-state index in [0.29, 0.717) is 26.2 Å². The van der Waals surface area contributed by atoms with Gasteiger partial charge in [-0.15, -0.1) is 0 Å². The number of urea groups is 1. The van der Waals surface area contributed by atoms with E-state index in [1.807, 2.05) is 16.7 Å². The normalized spacial score (nSPS) is 10.8. The zero-order chi connectivity index (χ0) is 18.4. The van der Waals surface area contributed by atoms with E-state index in [9.17, 15) is 4.79 Å². The first-order valence-electron chi connectivity index (χ1n) is 8.58. The number of aromatic nitrogens is 3. The zero-order valence-corrected chi connectivity index (χ0v) is 15.0. The summed E-state index contributed by atoms with van der Waals surface area (Å²) in [5.74, 6) is 0.847. The molecule has 0 aliphatic rings. The number of rotatable bonds is 7. The highest BCUT2D eigenvalue weighted by molar-refractivity contribution is 5.77. The van der Waals surface area contributed by atoms with Crippen molar-refractivity contribution in [1.82, 2.24) is 25.2 Å². The molecule has 0 radical (unpaired) electrons. The Morgan fingerprint density at radius 3 is 2.69 bits per heavy atom. The molecule has 3 aromatic rings. The number of carbonyl (C=O) groups excluding carboxylic acids is 1. The molecule has 0 aliphatic carbocycles. The van der Waals surface area contributed by atoms with Crippen LogP contribution >= 0.6 is 0 Å². The van der Waals surface area contributed by atoms with Gasteiger partial charge >= 0.3 is 6.03 Å². The number of hydrogen-bond donors (Lipinski definition) is 2. The van der Waals surface area contributed by atoms with Gasteiger partial charge in [-0.1, -0.05) is 29.8 Å². The molecule has 0 atom stereocenters. The molecular weight excluding hydrogens is 330 g/mol. The third kappa shape index (κ3) is 4.18. The van der Waals surface area contributed by atoms with Gasteiger partial charge < -0.3 is 19.9 Å². The maximum atomic E-state index is 11.8. The Morgan fingerprint density at radius 2 is 1.92 bits per heavy atom. The number of fused-ring (bicyclic) bond motifs is 1. The molecule has 3 rings (SSSR count). The average Bonchev–Trinajstić information content (AvgIpc) is 3.01. The lowest BCUT2D eigenvalue weighted by Crippen LogP contribution is -2.38. The van der Waals surface area contributed by atoms with Crippen LogP contribution in [0.25, 0.3) is 22.6 Å². The number of pyridine rings is 1. The number of nitrogens with zero attached hydrogens (tertiary/aromatic N) is 3. The molecular formula is C19H23N5O2. The first kappa shape index (κ1) is 17.9. The van der Waals surface area contributed by atoms with Crippen LogP contribution in [0.5, 0.6) is 0 Å². The molecule has 2 aromatic heterocycles. The number of nitrogens with one attached hydrogen (secondary N) is 2. The van der Waals surface area contributed by atoms with Gasteiger partial charge in [0.15, 0.2) is 5.65 Å². The van der Waals surface area contributed by atoms with Gasteiger partial charge in [0.05, 0.1) is 6.61 Å². The lowest BCUT2D eigenvalue weighted by Gasteiger charge is -2.11. The SMILES string of the molecule is COCCNC(=O)NCCn1c(-c2ccc(C)cc2)nc2cccnc21. The number of methoxy groups -OCH3 is 1. The summed E-state index contributed by atoms with van der Waals surface area (Å²) in [6, 6.07) is 11.8. The minimum Gasteiger partial charge on any atom is -0.383 e. The Kier molecular flexibility index (Phi) is 5.80. The second kappa shape index (κ2) is 8.44. The van der Waals surface area contributed by atoms with Crippen LogP contribution in [0.1, 0.15) is 5.56 Å².